The van der Waals surface area contributed by atoms with E-state index in [9.17, 15) is 14.0 Å². The van der Waals surface area contributed by atoms with Gasteiger partial charge in [0.2, 0.25) is 11.8 Å². The summed E-state index contributed by atoms with van der Waals surface area (Å²) in [5, 5.41) is 2.82. The summed E-state index contributed by atoms with van der Waals surface area (Å²) in [6.45, 7) is 1.13. The van der Waals surface area contributed by atoms with Crippen LogP contribution in [0.5, 0.6) is 0 Å². The van der Waals surface area contributed by atoms with Gasteiger partial charge in [-0.1, -0.05) is 24.3 Å². The number of halogens is 1. The third-order valence-electron chi connectivity index (χ3n) is 4.09. The standard InChI is InChI=1S/C19H19FN2O2/c20-16-7-3-15(4-8-16)13-21-18(23)12-14-5-9-17(10-6-14)22-11-1-2-19(22)24/h3-10H,1-2,11-13H2,(H,21,23). The number of rotatable bonds is 5. The number of hydrogen-bond donors (Lipinski definition) is 1. The topological polar surface area (TPSA) is 49.4 Å². The normalized spacial score (nSPS) is 14.0. The second-order valence-electron chi connectivity index (χ2n) is 5.90. The molecule has 1 fully saturated rings. The summed E-state index contributed by atoms with van der Waals surface area (Å²) in [4.78, 5) is 25.5. The Morgan fingerprint density at radius 2 is 1.71 bits per heavy atom. The fourth-order valence-corrected chi connectivity index (χ4v) is 2.77. The minimum atomic E-state index is -0.290. The van der Waals surface area contributed by atoms with E-state index in [1.165, 1.54) is 12.1 Å². The van der Waals surface area contributed by atoms with Gasteiger partial charge in [-0.15, -0.1) is 0 Å². The summed E-state index contributed by atoms with van der Waals surface area (Å²) in [6, 6.07) is 13.6. The van der Waals surface area contributed by atoms with Gasteiger partial charge >= 0.3 is 0 Å². The molecule has 24 heavy (non-hydrogen) atoms. The molecule has 4 nitrogen and oxygen atoms in total. The van der Waals surface area contributed by atoms with Crippen molar-refractivity contribution in [2.75, 3.05) is 11.4 Å². The first-order valence-electron chi connectivity index (χ1n) is 8.02. The molecule has 0 aromatic heterocycles. The van der Waals surface area contributed by atoms with Gasteiger partial charge in [0.1, 0.15) is 5.82 Å². The van der Waals surface area contributed by atoms with Crippen LogP contribution >= 0.6 is 0 Å². The van der Waals surface area contributed by atoms with E-state index in [0.717, 1.165) is 29.8 Å². The van der Waals surface area contributed by atoms with Crippen molar-refractivity contribution in [2.45, 2.75) is 25.8 Å². The van der Waals surface area contributed by atoms with E-state index >= 15 is 0 Å². The number of amides is 2. The molecule has 1 heterocycles. The van der Waals surface area contributed by atoms with Gasteiger partial charge in [0.05, 0.1) is 6.42 Å². The van der Waals surface area contributed by atoms with Crippen molar-refractivity contribution in [3.05, 3.63) is 65.5 Å². The fraction of sp³-hybridized carbons (Fsp3) is 0.263. The summed E-state index contributed by atoms with van der Waals surface area (Å²) >= 11 is 0. The predicted octanol–water partition coefficient (Wildman–Crippen LogP) is 2.81. The Balaban J connectivity index is 1.52. The highest BCUT2D eigenvalue weighted by molar-refractivity contribution is 5.95. The summed E-state index contributed by atoms with van der Waals surface area (Å²) in [5.41, 5.74) is 2.63. The molecule has 1 N–H and O–H groups in total. The molecule has 1 aliphatic rings. The molecule has 0 bridgehead atoms. The van der Waals surface area contributed by atoms with E-state index in [4.69, 9.17) is 0 Å². The molecule has 2 amide bonds. The molecule has 2 aromatic rings. The lowest BCUT2D eigenvalue weighted by Gasteiger charge is -2.15. The maximum absolute atomic E-state index is 12.8. The van der Waals surface area contributed by atoms with Gasteiger partial charge in [-0.05, 0) is 41.8 Å². The molecule has 1 aliphatic heterocycles. The van der Waals surface area contributed by atoms with Crippen LogP contribution in [0.1, 0.15) is 24.0 Å². The van der Waals surface area contributed by atoms with Crippen molar-refractivity contribution in [3.8, 4) is 0 Å². The smallest absolute Gasteiger partial charge is 0.227 e. The van der Waals surface area contributed by atoms with Gasteiger partial charge in [-0.2, -0.15) is 0 Å². The van der Waals surface area contributed by atoms with Crippen LogP contribution in [0, 0.1) is 5.82 Å². The van der Waals surface area contributed by atoms with E-state index < -0.39 is 0 Å². The number of carbonyl (C=O) groups excluding carboxylic acids is 2. The molecule has 2 aromatic carbocycles. The summed E-state index contributed by atoms with van der Waals surface area (Å²) < 4.78 is 12.8. The third-order valence-corrected chi connectivity index (χ3v) is 4.09. The maximum Gasteiger partial charge on any atom is 0.227 e. The molecular formula is C19H19FN2O2. The number of anilines is 1. The molecule has 0 aliphatic carbocycles. The molecule has 0 radical (unpaired) electrons. The van der Waals surface area contributed by atoms with Crippen LogP contribution in [-0.4, -0.2) is 18.4 Å². The van der Waals surface area contributed by atoms with Gasteiger partial charge in [-0.25, -0.2) is 4.39 Å². The van der Waals surface area contributed by atoms with Crippen LogP contribution in [0.4, 0.5) is 10.1 Å². The zero-order valence-corrected chi connectivity index (χ0v) is 13.3. The molecule has 0 unspecified atom stereocenters. The quantitative estimate of drug-likeness (QED) is 0.918. The lowest BCUT2D eigenvalue weighted by Crippen LogP contribution is -2.25. The maximum atomic E-state index is 12.8. The SMILES string of the molecule is O=C(Cc1ccc(N2CCCC2=O)cc1)NCc1ccc(F)cc1. The van der Waals surface area contributed by atoms with Gasteiger partial charge in [0, 0.05) is 25.2 Å². The predicted molar refractivity (Wildman–Crippen MR) is 90.0 cm³/mol. The molecule has 3 rings (SSSR count). The van der Waals surface area contributed by atoms with Crippen LogP contribution in [0.2, 0.25) is 0 Å². The van der Waals surface area contributed by atoms with Crippen molar-refractivity contribution in [2.24, 2.45) is 0 Å². The van der Waals surface area contributed by atoms with Gasteiger partial charge in [-0.3, -0.25) is 9.59 Å². The molecular weight excluding hydrogens is 307 g/mol. The summed E-state index contributed by atoms with van der Waals surface area (Å²) in [6.07, 6.45) is 1.77. The molecule has 5 heteroatoms. The first kappa shape index (κ1) is 16.2. The van der Waals surface area contributed by atoms with Crippen LogP contribution in [0.3, 0.4) is 0 Å². The molecule has 0 spiro atoms. The Hall–Kier alpha value is -2.69. The van der Waals surface area contributed by atoms with Crippen LogP contribution in [0.15, 0.2) is 48.5 Å². The highest BCUT2D eigenvalue weighted by atomic mass is 19.1. The minimum Gasteiger partial charge on any atom is -0.352 e. The largest absolute Gasteiger partial charge is 0.352 e. The molecule has 124 valence electrons. The number of nitrogens with zero attached hydrogens (tertiary/aromatic N) is 1. The zero-order valence-electron chi connectivity index (χ0n) is 13.3. The van der Waals surface area contributed by atoms with E-state index in [1.807, 2.05) is 24.3 Å². The van der Waals surface area contributed by atoms with Crippen molar-refractivity contribution < 1.29 is 14.0 Å². The zero-order chi connectivity index (χ0) is 16.9. The Morgan fingerprint density at radius 1 is 1.04 bits per heavy atom. The van der Waals surface area contributed by atoms with Crippen LogP contribution in [0.25, 0.3) is 0 Å². The lowest BCUT2D eigenvalue weighted by molar-refractivity contribution is -0.120. The van der Waals surface area contributed by atoms with Gasteiger partial charge in [0.15, 0.2) is 0 Å². The summed E-state index contributed by atoms with van der Waals surface area (Å²) in [5.74, 6) is -0.231. The minimum absolute atomic E-state index is 0.0932. The van der Waals surface area contributed by atoms with Gasteiger partial charge in [0.25, 0.3) is 0 Å². The molecule has 0 atom stereocenters. The first-order chi connectivity index (χ1) is 11.6. The van der Waals surface area contributed by atoms with E-state index in [2.05, 4.69) is 5.32 Å². The Kier molecular flexibility index (Phi) is 4.89. The summed E-state index contributed by atoms with van der Waals surface area (Å²) in [7, 11) is 0. The van der Waals surface area contributed by atoms with Gasteiger partial charge < -0.3 is 10.2 Å². The molecule has 1 saturated heterocycles. The molecule has 0 saturated carbocycles. The number of benzene rings is 2. The monoisotopic (exact) mass is 326 g/mol. The third kappa shape index (κ3) is 3.98. The van der Waals surface area contributed by atoms with Crippen molar-refractivity contribution in [1.82, 2.24) is 5.32 Å². The Bertz CT molecular complexity index is 726. The first-order valence-corrected chi connectivity index (χ1v) is 8.02. The van der Waals surface area contributed by atoms with E-state index in [-0.39, 0.29) is 24.1 Å². The fourth-order valence-electron chi connectivity index (χ4n) is 2.77. The Morgan fingerprint density at radius 3 is 2.33 bits per heavy atom. The highest BCUT2D eigenvalue weighted by Crippen LogP contribution is 2.21. The van der Waals surface area contributed by atoms with Crippen molar-refractivity contribution in [1.29, 1.82) is 0 Å². The lowest BCUT2D eigenvalue weighted by atomic mass is 10.1. The average Bonchev–Trinajstić information content (AvgIpc) is 3.01. The van der Waals surface area contributed by atoms with Crippen molar-refractivity contribution >= 4 is 17.5 Å². The average molecular weight is 326 g/mol. The van der Waals surface area contributed by atoms with E-state index in [0.29, 0.717) is 13.0 Å². The highest BCUT2D eigenvalue weighted by Gasteiger charge is 2.21. The van der Waals surface area contributed by atoms with Crippen molar-refractivity contribution in [3.63, 3.8) is 0 Å². The number of hydrogen-bond acceptors (Lipinski definition) is 2. The van der Waals surface area contributed by atoms with E-state index in [1.54, 1.807) is 17.0 Å². The van der Waals surface area contributed by atoms with Crippen LogP contribution < -0.4 is 10.2 Å². The number of carbonyl (C=O) groups is 2. The Labute approximate surface area is 140 Å². The second-order valence-corrected chi connectivity index (χ2v) is 5.90. The number of nitrogens with one attached hydrogen (secondary N) is 1. The second kappa shape index (κ2) is 7.25. The van der Waals surface area contributed by atoms with Crippen LogP contribution in [-0.2, 0) is 22.6 Å².